The van der Waals surface area contributed by atoms with E-state index in [1.54, 1.807) is 0 Å². The molecule has 0 unspecified atom stereocenters. The van der Waals surface area contributed by atoms with Gasteiger partial charge in [-0.3, -0.25) is 9.59 Å². The van der Waals surface area contributed by atoms with Crippen LogP contribution in [0, 0.1) is 11.6 Å². The number of carbonyl (C=O) groups excluding carboxylic acids is 2. The summed E-state index contributed by atoms with van der Waals surface area (Å²) in [5.41, 5.74) is 7.06. The molecule has 0 aliphatic rings. The van der Waals surface area contributed by atoms with Crippen LogP contribution in [-0.2, 0) is 4.79 Å². The lowest BCUT2D eigenvalue weighted by Crippen LogP contribution is -2.48. The quantitative estimate of drug-likeness (QED) is 0.688. The molecule has 3 aromatic rings. The summed E-state index contributed by atoms with van der Waals surface area (Å²) in [6.45, 7) is 0. The Bertz CT molecular complexity index is 939. The van der Waals surface area contributed by atoms with Crippen molar-refractivity contribution in [2.24, 2.45) is 5.73 Å². The van der Waals surface area contributed by atoms with Crippen LogP contribution in [0.4, 0.5) is 8.78 Å². The number of benzene rings is 3. The van der Waals surface area contributed by atoms with Gasteiger partial charge >= 0.3 is 0 Å². The van der Waals surface area contributed by atoms with Gasteiger partial charge in [-0.2, -0.15) is 0 Å². The summed E-state index contributed by atoms with van der Waals surface area (Å²) in [5.74, 6) is -4.22. The topological polar surface area (TPSA) is 72.2 Å². The second-order valence-corrected chi connectivity index (χ2v) is 6.28. The van der Waals surface area contributed by atoms with Crippen molar-refractivity contribution in [3.8, 4) is 0 Å². The van der Waals surface area contributed by atoms with Gasteiger partial charge in [0.1, 0.15) is 6.04 Å². The maximum Gasteiger partial charge on any atom is 0.252 e. The molecule has 1 atom stereocenters. The van der Waals surface area contributed by atoms with Crippen molar-refractivity contribution < 1.29 is 18.4 Å². The minimum absolute atomic E-state index is 0.106. The fourth-order valence-electron chi connectivity index (χ4n) is 3.08. The summed E-state index contributed by atoms with van der Waals surface area (Å²) in [5, 5.41) is 2.57. The van der Waals surface area contributed by atoms with Gasteiger partial charge in [-0.05, 0) is 29.3 Å². The van der Waals surface area contributed by atoms with E-state index < -0.39 is 35.4 Å². The average molecular weight is 380 g/mol. The Labute approximate surface area is 161 Å². The van der Waals surface area contributed by atoms with Crippen molar-refractivity contribution >= 4 is 11.8 Å². The summed E-state index contributed by atoms with van der Waals surface area (Å²) in [4.78, 5) is 24.8. The van der Waals surface area contributed by atoms with Crippen molar-refractivity contribution in [2.45, 2.75) is 12.0 Å². The monoisotopic (exact) mass is 380 g/mol. The molecule has 3 rings (SSSR count). The number of amides is 2. The molecule has 0 saturated heterocycles. The summed E-state index contributed by atoms with van der Waals surface area (Å²) in [7, 11) is 0. The van der Waals surface area contributed by atoms with E-state index in [0.717, 1.165) is 29.3 Å². The Morgan fingerprint density at radius 2 is 1.32 bits per heavy atom. The Balaban J connectivity index is 1.98. The van der Waals surface area contributed by atoms with Crippen molar-refractivity contribution in [3.05, 3.63) is 107 Å². The molecule has 0 aliphatic heterocycles. The highest BCUT2D eigenvalue weighted by atomic mass is 19.2. The van der Waals surface area contributed by atoms with Crippen LogP contribution in [0.25, 0.3) is 0 Å². The average Bonchev–Trinajstić information content (AvgIpc) is 2.71. The molecular formula is C22H18F2N2O2. The fourth-order valence-corrected chi connectivity index (χ4v) is 3.08. The molecule has 4 nitrogen and oxygen atoms in total. The van der Waals surface area contributed by atoms with Crippen molar-refractivity contribution in [1.29, 1.82) is 0 Å². The molecule has 0 aliphatic carbocycles. The van der Waals surface area contributed by atoms with E-state index in [2.05, 4.69) is 5.32 Å². The molecule has 0 bridgehead atoms. The van der Waals surface area contributed by atoms with Gasteiger partial charge in [0.2, 0.25) is 5.91 Å². The summed E-state index contributed by atoms with van der Waals surface area (Å²) in [6.07, 6.45) is 0. The second-order valence-electron chi connectivity index (χ2n) is 6.28. The minimum atomic E-state index is -1.15. The summed E-state index contributed by atoms with van der Waals surface area (Å²) < 4.78 is 26.6. The Morgan fingerprint density at radius 1 is 0.786 bits per heavy atom. The predicted molar refractivity (Wildman–Crippen MR) is 102 cm³/mol. The molecule has 0 heterocycles. The van der Waals surface area contributed by atoms with E-state index in [0.29, 0.717) is 0 Å². The highest BCUT2D eigenvalue weighted by Gasteiger charge is 2.31. The third kappa shape index (κ3) is 4.23. The third-order valence-electron chi connectivity index (χ3n) is 4.43. The highest BCUT2D eigenvalue weighted by molar-refractivity contribution is 5.97. The SMILES string of the molecule is NC(=O)[C@H](NC(=O)c1ccc(F)c(F)c1)C(c1ccccc1)c1ccccc1. The standard InChI is InChI=1S/C22H18F2N2O2/c23-17-12-11-16(13-18(17)24)22(28)26-20(21(25)27)19(14-7-3-1-4-8-14)15-9-5-2-6-10-15/h1-13,19-20H,(H2,25,27)(H,26,28)/t20-/m1/s1. The maximum absolute atomic E-state index is 13.5. The summed E-state index contributed by atoms with van der Waals surface area (Å²) in [6, 6.07) is 20.0. The fraction of sp³-hybridized carbons (Fsp3) is 0.0909. The molecular weight excluding hydrogens is 362 g/mol. The lowest BCUT2D eigenvalue weighted by Gasteiger charge is -2.27. The number of hydrogen-bond acceptors (Lipinski definition) is 2. The molecule has 6 heteroatoms. The van der Waals surface area contributed by atoms with Gasteiger partial charge in [-0.1, -0.05) is 60.7 Å². The van der Waals surface area contributed by atoms with E-state index in [-0.39, 0.29) is 5.56 Å². The van der Waals surface area contributed by atoms with Gasteiger partial charge < -0.3 is 11.1 Å². The van der Waals surface area contributed by atoms with E-state index in [1.807, 2.05) is 60.7 Å². The van der Waals surface area contributed by atoms with Crippen LogP contribution in [0.3, 0.4) is 0 Å². The molecule has 0 spiro atoms. The number of hydrogen-bond donors (Lipinski definition) is 2. The maximum atomic E-state index is 13.5. The van der Waals surface area contributed by atoms with Gasteiger partial charge in [-0.15, -0.1) is 0 Å². The zero-order valence-electron chi connectivity index (χ0n) is 14.8. The van der Waals surface area contributed by atoms with Gasteiger partial charge in [0.05, 0.1) is 0 Å². The van der Waals surface area contributed by atoms with Crippen LogP contribution in [0.5, 0.6) is 0 Å². The Hall–Kier alpha value is -3.54. The molecule has 28 heavy (non-hydrogen) atoms. The van der Waals surface area contributed by atoms with Gasteiger partial charge in [0.25, 0.3) is 5.91 Å². The van der Waals surface area contributed by atoms with Crippen molar-refractivity contribution in [1.82, 2.24) is 5.32 Å². The van der Waals surface area contributed by atoms with Gasteiger partial charge in [0, 0.05) is 11.5 Å². The van der Waals surface area contributed by atoms with E-state index in [9.17, 15) is 18.4 Å². The normalized spacial score (nSPS) is 11.8. The Morgan fingerprint density at radius 3 is 1.79 bits per heavy atom. The minimum Gasteiger partial charge on any atom is -0.368 e. The van der Waals surface area contributed by atoms with Crippen LogP contribution >= 0.6 is 0 Å². The molecule has 2 amide bonds. The van der Waals surface area contributed by atoms with Crippen molar-refractivity contribution in [2.75, 3.05) is 0 Å². The number of carbonyl (C=O) groups is 2. The first-order valence-electron chi connectivity index (χ1n) is 8.62. The highest BCUT2D eigenvalue weighted by Crippen LogP contribution is 2.28. The molecule has 0 fully saturated rings. The van der Waals surface area contributed by atoms with Crippen LogP contribution < -0.4 is 11.1 Å². The molecule has 0 radical (unpaired) electrons. The zero-order valence-corrected chi connectivity index (χ0v) is 14.8. The third-order valence-corrected chi connectivity index (χ3v) is 4.43. The second kappa shape index (κ2) is 8.43. The van der Waals surface area contributed by atoms with Crippen molar-refractivity contribution in [3.63, 3.8) is 0 Å². The molecule has 0 aromatic heterocycles. The Kier molecular flexibility index (Phi) is 5.79. The largest absolute Gasteiger partial charge is 0.368 e. The lowest BCUT2D eigenvalue weighted by atomic mass is 9.84. The number of primary amides is 1. The predicted octanol–water partition coefficient (Wildman–Crippen LogP) is 3.38. The summed E-state index contributed by atoms with van der Waals surface area (Å²) >= 11 is 0. The van der Waals surface area contributed by atoms with Crippen LogP contribution in [0.1, 0.15) is 27.4 Å². The molecule has 142 valence electrons. The molecule has 3 aromatic carbocycles. The number of nitrogens with one attached hydrogen (secondary N) is 1. The molecule has 0 saturated carbocycles. The van der Waals surface area contributed by atoms with E-state index in [1.165, 1.54) is 0 Å². The first-order chi connectivity index (χ1) is 13.5. The smallest absolute Gasteiger partial charge is 0.252 e. The number of halogens is 2. The van der Waals surface area contributed by atoms with E-state index >= 15 is 0 Å². The number of nitrogens with two attached hydrogens (primary N) is 1. The molecule has 3 N–H and O–H groups in total. The van der Waals surface area contributed by atoms with Gasteiger partial charge in [0.15, 0.2) is 11.6 Å². The van der Waals surface area contributed by atoms with Crippen LogP contribution in [0.2, 0.25) is 0 Å². The van der Waals surface area contributed by atoms with Crippen LogP contribution in [0.15, 0.2) is 78.9 Å². The number of rotatable bonds is 6. The van der Waals surface area contributed by atoms with E-state index in [4.69, 9.17) is 5.73 Å². The zero-order chi connectivity index (χ0) is 20.1. The first kappa shape index (κ1) is 19.2. The van der Waals surface area contributed by atoms with Gasteiger partial charge in [-0.25, -0.2) is 8.78 Å². The lowest BCUT2D eigenvalue weighted by molar-refractivity contribution is -0.120. The first-order valence-corrected chi connectivity index (χ1v) is 8.62. The van der Waals surface area contributed by atoms with Crippen LogP contribution in [-0.4, -0.2) is 17.9 Å².